The molecule has 2 rings (SSSR count). The van der Waals surface area contributed by atoms with Crippen molar-refractivity contribution in [1.82, 2.24) is 15.3 Å². The highest BCUT2D eigenvalue weighted by Crippen LogP contribution is 2.16. The van der Waals surface area contributed by atoms with Crippen LogP contribution in [0.1, 0.15) is 26.1 Å². The van der Waals surface area contributed by atoms with Gasteiger partial charge in [-0.3, -0.25) is 9.78 Å². The predicted octanol–water partition coefficient (Wildman–Crippen LogP) is 2.28. The van der Waals surface area contributed by atoms with Crippen LogP contribution in [0.5, 0.6) is 5.75 Å². The molecule has 0 fully saturated rings. The van der Waals surface area contributed by atoms with E-state index in [-0.39, 0.29) is 19.1 Å². The Morgan fingerprint density at radius 2 is 2.14 bits per heavy atom. The largest absolute Gasteiger partial charge is 0.479 e. The molecule has 0 aromatic carbocycles. The number of carbonyl (C=O) groups excluding carboxylic acids is 1. The van der Waals surface area contributed by atoms with E-state index >= 15 is 0 Å². The minimum atomic E-state index is -0.138. The van der Waals surface area contributed by atoms with Gasteiger partial charge in [-0.1, -0.05) is 11.8 Å². The Balaban J connectivity index is 1.74. The minimum absolute atomic E-state index is 0.138. The molecule has 0 radical (unpaired) electrons. The number of aromatic nitrogens is 2. The predicted molar refractivity (Wildman–Crippen MR) is 86.2 cm³/mol. The summed E-state index contributed by atoms with van der Waals surface area (Å²) in [6.45, 7) is 6.17. The van der Waals surface area contributed by atoms with Crippen molar-refractivity contribution in [2.45, 2.75) is 20.8 Å². The Morgan fingerprint density at radius 1 is 1.32 bits per heavy atom. The Bertz CT molecular complexity index is 711. The smallest absolute Gasteiger partial charge is 0.264 e. The van der Waals surface area contributed by atoms with Crippen molar-refractivity contribution in [3.63, 3.8) is 0 Å². The summed E-state index contributed by atoms with van der Waals surface area (Å²) in [4.78, 5) is 20.9. The summed E-state index contributed by atoms with van der Waals surface area (Å²) >= 11 is 1.39. The van der Waals surface area contributed by atoms with Gasteiger partial charge in [0.1, 0.15) is 17.2 Å². The summed E-state index contributed by atoms with van der Waals surface area (Å²) in [6, 6.07) is 3.73. The lowest BCUT2D eigenvalue weighted by Crippen LogP contribution is -2.23. The fourth-order valence-electron chi connectivity index (χ4n) is 1.72. The number of hydrogen-bond acceptors (Lipinski definition) is 5. The van der Waals surface area contributed by atoms with Gasteiger partial charge in [0.2, 0.25) is 0 Å². The van der Waals surface area contributed by atoms with Crippen molar-refractivity contribution in [2.24, 2.45) is 0 Å². The molecule has 5 nitrogen and oxygen atoms in total. The van der Waals surface area contributed by atoms with E-state index in [0.29, 0.717) is 10.6 Å². The number of thiazole rings is 1. The van der Waals surface area contributed by atoms with Crippen LogP contribution in [0.4, 0.5) is 0 Å². The monoisotopic (exact) mass is 315 g/mol. The second kappa shape index (κ2) is 7.57. The highest BCUT2D eigenvalue weighted by molar-refractivity contribution is 7.13. The molecule has 0 aliphatic heterocycles. The lowest BCUT2D eigenvalue weighted by molar-refractivity contribution is 0.0962. The van der Waals surface area contributed by atoms with Crippen LogP contribution in [0.25, 0.3) is 0 Å². The van der Waals surface area contributed by atoms with Crippen LogP contribution in [0.3, 0.4) is 0 Å². The first kappa shape index (κ1) is 16.0. The molecular weight excluding hydrogens is 298 g/mol. The molecule has 2 aromatic heterocycles. The van der Waals surface area contributed by atoms with E-state index in [1.54, 1.807) is 6.20 Å². The zero-order chi connectivity index (χ0) is 15.9. The first-order chi connectivity index (χ1) is 10.6. The molecule has 0 spiro atoms. The van der Waals surface area contributed by atoms with Crippen molar-refractivity contribution in [3.8, 4) is 17.6 Å². The van der Waals surface area contributed by atoms with Gasteiger partial charge in [-0.05, 0) is 32.9 Å². The number of amides is 1. The Labute approximate surface area is 133 Å². The maximum absolute atomic E-state index is 11.9. The second-order valence-corrected chi connectivity index (χ2v) is 5.81. The number of ether oxygens (including phenoxy) is 1. The molecule has 2 aromatic rings. The van der Waals surface area contributed by atoms with Gasteiger partial charge in [0, 0.05) is 5.69 Å². The Hall–Kier alpha value is -2.39. The first-order valence-electron chi connectivity index (χ1n) is 6.79. The molecule has 0 unspecified atom stereocenters. The van der Waals surface area contributed by atoms with Gasteiger partial charge in [0.05, 0.1) is 23.4 Å². The molecule has 0 aliphatic carbocycles. The molecule has 0 saturated carbocycles. The lowest BCUT2D eigenvalue weighted by Gasteiger charge is -2.01. The minimum Gasteiger partial charge on any atom is -0.479 e. The molecule has 0 saturated heterocycles. The van der Waals surface area contributed by atoms with Crippen molar-refractivity contribution in [3.05, 3.63) is 39.6 Å². The topological polar surface area (TPSA) is 64.1 Å². The fourth-order valence-corrected chi connectivity index (χ4v) is 2.56. The van der Waals surface area contributed by atoms with Gasteiger partial charge in [-0.2, -0.15) is 0 Å². The average molecular weight is 315 g/mol. The van der Waals surface area contributed by atoms with Gasteiger partial charge in [-0.15, -0.1) is 11.3 Å². The summed E-state index contributed by atoms with van der Waals surface area (Å²) in [5.41, 5.74) is 1.69. The number of pyridine rings is 1. The molecule has 6 heteroatoms. The average Bonchev–Trinajstić information content (AvgIpc) is 2.83. The third-order valence-electron chi connectivity index (χ3n) is 2.77. The van der Waals surface area contributed by atoms with E-state index < -0.39 is 0 Å². The van der Waals surface area contributed by atoms with E-state index in [4.69, 9.17) is 4.74 Å². The van der Waals surface area contributed by atoms with Crippen molar-refractivity contribution < 1.29 is 9.53 Å². The summed E-state index contributed by atoms with van der Waals surface area (Å²) in [7, 11) is 0. The van der Waals surface area contributed by atoms with Crippen molar-refractivity contribution in [1.29, 1.82) is 0 Å². The van der Waals surface area contributed by atoms with E-state index in [2.05, 4.69) is 27.1 Å². The standard InChI is InChI=1S/C16H17N3O2S/c1-11-6-7-14(10-18-11)21-9-5-4-8-17-16(20)15-12(2)19-13(3)22-15/h6-7,10H,8-9H2,1-3H3,(H,17,20). The molecule has 1 amide bonds. The summed E-state index contributed by atoms with van der Waals surface area (Å²) in [5.74, 6) is 6.24. The summed E-state index contributed by atoms with van der Waals surface area (Å²) in [6.07, 6.45) is 1.66. The molecule has 0 atom stereocenters. The van der Waals surface area contributed by atoms with Crippen LogP contribution < -0.4 is 10.1 Å². The van der Waals surface area contributed by atoms with Gasteiger partial charge in [0.25, 0.3) is 5.91 Å². The number of aryl methyl sites for hydroxylation is 3. The number of nitrogens with one attached hydrogen (secondary N) is 1. The van der Waals surface area contributed by atoms with E-state index in [9.17, 15) is 4.79 Å². The Kier molecular flexibility index (Phi) is 5.50. The number of carbonyl (C=O) groups is 1. The molecular formula is C16H17N3O2S. The van der Waals surface area contributed by atoms with Crippen LogP contribution in [-0.4, -0.2) is 29.0 Å². The van der Waals surface area contributed by atoms with Crippen LogP contribution in [0.15, 0.2) is 18.3 Å². The second-order valence-electron chi connectivity index (χ2n) is 4.61. The maximum Gasteiger partial charge on any atom is 0.264 e. The third kappa shape index (κ3) is 4.57. The molecule has 2 heterocycles. The first-order valence-corrected chi connectivity index (χ1v) is 7.61. The quantitative estimate of drug-likeness (QED) is 0.879. The lowest BCUT2D eigenvalue weighted by atomic mass is 10.3. The fraction of sp³-hybridized carbons (Fsp3) is 0.312. The van der Waals surface area contributed by atoms with Gasteiger partial charge in [-0.25, -0.2) is 4.98 Å². The van der Waals surface area contributed by atoms with Crippen LogP contribution in [-0.2, 0) is 0 Å². The summed E-state index contributed by atoms with van der Waals surface area (Å²) < 4.78 is 5.42. The number of rotatable bonds is 4. The van der Waals surface area contributed by atoms with Crippen molar-refractivity contribution >= 4 is 17.2 Å². The number of hydrogen-bond donors (Lipinski definition) is 1. The van der Waals surface area contributed by atoms with Gasteiger partial charge < -0.3 is 10.1 Å². The number of nitrogens with zero attached hydrogens (tertiary/aromatic N) is 2. The van der Waals surface area contributed by atoms with E-state index in [1.807, 2.05) is 32.9 Å². The normalized spacial score (nSPS) is 9.77. The summed E-state index contributed by atoms with van der Waals surface area (Å²) in [5, 5.41) is 3.63. The van der Waals surface area contributed by atoms with E-state index in [0.717, 1.165) is 16.4 Å². The zero-order valence-electron chi connectivity index (χ0n) is 12.8. The molecule has 0 aliphatic rings. The highest BCUT2D eigenvalue weighted by Gasteiger charge is 2.12. The Morgan fingerprint density at radius 3 is 2.77 bits per heavy atom. The highest BCUT2D eigenvalue weighted by atomic mass is 32.1. The SMILES string of the molecule is Cc1ccc(OCC#CCNC(=O)c2sc(C)nc2C)cn1. The molecule has 114 valence electrons. The zero-order valence-corrected chi connectivity index (χ0v) is 13.6. The third-order valence-corrected chi connectivity index (χ3v) is 3.84. The van der Waals surface area contributed by atoms with Crippen LogP contribution >= 0.6 is 11.3 Å². The maximum atomic E-state index is 11.9. The van der Waals surface area contributed by atoms with E-state index in [1.165, 1.54) is 11.3 Å². The van der Waals surface area contributed by atoms with Crippen molar-refractivity contribution in [2.75, 3.05) is 13.2 Å². The molecule has 22 heavy (non-hydrogen) atoms. The molecule has 1 N–H and O–H groups in total. The van der Waals surface area contributed by atoms with Gasteiger partial charge >= 0.3 is 0 Å². The van der Waals surface area contributed by atoms with Gasteiger partial charge in [0.15, 0.2) is 0 Å². The van der Waals surface area contributed by atoms with Crippen LogP contribution in [0.2, 0.25) is 0 Å². The molecule has 0 bridgehead atoms. The van der Waals surface area contributed by atoms with Crippen LogP contribution in [0, 0.1) is 32.6 Å².